The van der Waals surface area contributed by atoms with E-state index in [4.69, 9.17) is 5.73 Å². The van der Waals surface area contributed by atoms with Gasteiger partial charge in [0, 0.05) is 25.7 Å². The van der Waals surface area contributed by atoms with Crippen LogP contribution >= 0.6 is 0 Å². The van der Waals surface area contributed by atoms with E-state index in [1.54, 1.807) is 6.07 Å². The van der Waals surface area contributed by atoms with Crippen LogP contribution in [0.15, 0.2) is 18.2 Å². The molecule has 0 aliphatic carbocycles. The van der Waals surface area contributed by atoms with Crippen LogP contribution < -0.4 is 16.0 Å². The Morgan fingerprint density at radius 3 is 2.87 bits per heavy atom. The molecule has 2 aliphatic heterocycles. The fourth-order valence-electron chi connectivity index (χ4n) is 3.24. The van der Waals surface area contributed by atoms with Crippen molar-refractivity contribution >= 4 is 23.2 Å². The normalized spacial score (nSPS) is 27.0. The smallest absolute Gasteiger partial charge is 0.253 e. The van der Waals surface area contributed by atoms with E-state index in [-0.39, 0.29) is 23.3 Å². The molecule has 2 atom stereocenters. The van der Waals surface area contributed by atoms with Crippen LogP contribution in [-0.2, 0) is 4.79 Å². The monoisotopic (exact) mass is 316 g/mol. The highest BCUT2D eigenvalue weighted by atomic mass is 16.2. The van der Waals surface area contributed by atoms with E-state index in [1.807, 2.05) is 35.9 Å². The summed E-state index contributed by atoms with van der Waals surface area (Å²) in [6.45, 7) is 5.97. The summed E-state index contributed by atoms with van der Waals surface area (Å²) in [5.41, 5.74) is 8.05. The van der Waals surface area contributed by atoms with E-state index >= 15 is 0 Å². The lowest BCUT2D eigenvalue weighted by atomic mass is 9.90. The molecule has 2 amide bonds. The summed E-state index contributed by atoms with van der Waals surface area (Å²) in [5, 5.41) is 2.88. The highest BCUT2D eigenvalue weighted by Crippen LogP contribution is 2.33. The molecule has 2 heterocycles. The third-order valence-corrected chi connectivity index (χ3v) is 5.18. The summed E-state index contributed by atoms with van der Waals surface area (Å²) >= 11 is 0. The number of likely N-dealkylation sites (tertiary alicyclic amines) is 1. The molecule has 0 spiro atoms. The van der Waals surface area contributed by atoms with Crippen molar-refractivity contribution in [1.82, 2.24) is 4.90 Å². The Labute approximate surface area is 136 Å². The van der Waals surface area contributed by atoms with E-state index < -0.39 is 0 Å². The van der Waals surface area contributed by atoms with Gasteiger partial charge in [-0.1, -0.05) is 6.92 Å². The van der Waals surface area contributed by atoms with Gasteiger partial charge < -0.3 is 20.9 Å². The molecule has 2 aliphatic rings. The van der Waals surface area contributed by atoms with Crippen molar-refractivity contribution in [3.63, 3.8) is 0 Å². The summed E-state index contributed by atoms with van der Waals surface area (Å²) in [6.07, 6.45) is 0.928. The maximum atomic E-state index is 12.7. The lowest BCUT2D eigenvalue weighted by Gasteiger charge is -2.33. The molecule has 3 rings (SSSR count). The molecule has 2 unspecified atom stereocenters. The van der Waals surface area contributed by atoms with Crippen LogP contribution in [0.1, 0.15) is 30.6 Å². The molecule has 1 saturated heterocycles. The predicted octanol–water partition coefficient (Wildman–Crippen LogP) is 1.27. The molecule has 0 radical (unpaired) electrons. The average Bonchev–Trinajstić information content (AvgIpc) is 2.94. The molecule has 1 fully saturated rings. The molecule has 124 valence electrons. The number of nitrogens with one attached hydrogen (secondary N) is 1. The number of fused-ring (bicyclic) bond motifs is 1. The second-order valence-corrected chi connectivity index (χ2v) is 7.00. The van der Waals surface area contributed by atoms with Crippen LogP contribution in [0, 0.1) is 5.41 Å². The predicted molar refractivity (Wildman–Crippen MR) is 90.6 cm³/mol. The third kappa shape index (κ3) is 2.67. The van der Waals surface area contributed by atoms with Crippen molar-refractivity contribution in [3.05, 3.63) is 23.8 Å². The first-order valence-corrected chi connectivity index (χ1v) is 8.02. The second kappa shape index (κ2) is 5.53. The molecule has 6 heteroatoms. The van der Waals surface area contributed by atoms with Gasteiger partial charge in [0.1, 0.15) is 6.04 Å². The fourth-order valence-corrected chi connectivity index (χ4v) is 3.24. The zero-order valence-electron chi connectivity index (χ0n) is 13.9. The number of likely N-dealkylation sites (N-methyl/N-ethyl adjacent to an activating group) is 1. The fraction of sp³-hybridized carbons (Fsp3) is 0.529. The maximum absolute atomic E-state index is 12.7. The van der Waals surface area contributed by atoms with Crippen molar-refractivity contribution in [3.8, 4) is 0 Å². The first-order valence-electron chi connectivity index (χ1n) is 8.02. The summed E-state index contributed by atoms with van der Waals surface area (Å²) in [7, 11) is 1.89. The van der Waals surface area contributed by atoms with Gasteiger partial charge in [0.05, 0.1) is 11.4 Å². The highest BCUT2D eigenvalue weighted by Gasteiger charge is 2.35. The number of carbonyl (C=O) groups excluding carboxylic acids is 2. The standard InChI is InChI=1S/C17H24N4O2/c1-11-15(22)19-13-8-12(4-5-14(13)20(11)3)16(23)21-7-6-17(2,9-18)10-21/h4-5,8,11H,6-7,9-10,18H2,1-3H3,(H,19,22). The third-order valence-electron chi connectivity index (χ3n) is 5.18. The van der Waals surface area contributed by atoms with Gasteiger partial charge in [0.25, 0.3) is 5.91 Å². The minimum atomic E-state index is -0.215. The minimum absolute atomic E-state index is 0.000462. The molecule has 23 heavy (non-hydrogen) atoms. The Morgan fingerprint density at radius 2 is 2.22 bits per heavy atom. The van der Waals surface area contributed by atoms with Crippen molar-refractivity contribution in [2.24, 2.45) is 11.1 Å². The maximum Gasteiger partial charge on any atom is 0.253 e. The molecule has 0 bridgehead atoms. The summed E-state index contributed by atoms with van der Waals surface area (Å²) in [6, 6.07) is 5.29. The minimum Gasteiger partial charge on any atom is -0.361 e. The number of carbonyl (C=O) groups is 2. The van der Waals surface area contributed by atoms with Gasteiger partial charge in [0.15, 0.2) is 0 Å². The largest absolute Gasteiger partial charge is 0.361 e. The number of amides is 2. The molecule has 1 aromatic carbocycles. The van der Waals surface area contributed by atoms with E-state index in [0.717, 1.165) is 18.7 Å². The van der Waals surface area contributed by atoms with Gasteiger partial charge in [-0.25, -0.2) is 0 Å². The molecular weight excluding hydrogens is 292 g/mol. The molecule has 0 aromatic heterocycles. The van der Waals surface area contributed by atoms with Gasteiger partial charge in [-0.15, -0.1) is 0 Å². The van der Waals surface area contributed by atoms with E-state index in [2.05, 4.69) is 12.2 Å². The zero-order chi connectivity index (χ0) is 16.8. The Kier molecular flexibility index (Phi) is 3.80. The summed E-state index contributed by atoms with van der Waals surface area (Å²) in [4.78, 5) is 28.5. The number of benzene rings is 1. The van der Waals surface area contributed by atoms with Crippen LogP contribution in [-0.4, -0.2) is 49.4 Å². The van der Waals surface area contributed by atoms with Crippen molar-refractivity contribution in [2.45, 2.75) is 26.3 Å². The van der Waals surface area contributed by atoms with Crippen LogP contribution in [0.3, 0.4) is 0 Å². The van der Waals surface area contributed by atoms with Crippen LogP contribution in [0.25, 0.3) is 0 Å². The Hall–Kier alpha value is -2.08. The molecule has 0 saturated carbocycles. The number of hydrogen-bond acceptors (Lipinski definition) is 4. The van der Waals surface area contributed by atoms with Crippen LogP contribution in [0.4, 0.5) is 11.4 Å². The molecule has 1 aromatic rings. The Bertz CT molecular complexity index is 660. The Balaban J connectivity index is 1.84. The number of anilines is 2. The van der Waals surface area contributed by atoms with Crippen LogP contribution in [0.5, 0.6) is 0 Å². The summed E-state index contributed by atoms with van der Waals surface area (Å²) in [5.74, 6) is -0.0537. The lowest BCUT2D eigenvalue weighted by molar-refractivity contribution is -0.117. The van der Waals surface area contributed by atoms with Crippen molar-refractivity contribution in [1.29, 1.82) is 0 Å². The number of nitrogens with two attached hydrogens (primary N) is 1. The molecule has 3 N–H and O–H groups in total. The second-order valence-electron chi connectivity index (χ2n) is 7.00. The average molecular weight is 316 g/mol. The van der Waals surface area contributed by atoms with Gasteiger partial charge in [0.2, 0.25) is 5.91 Å². The molecule has 6 nitrogen and oxygen atoms in total. The van der Waals surface area contributed by atoms with Crippen molar-refractivity contribution in [2.75, 3.05) is 36.9 Å². The number of nitrogens with zero attached hydrogens (tertiary/aromatic N) is 2. The number of rotatable bonds is 2. The first-order chi connectivity index (χ1) is 10.8. The van der Waals surface area contributed by atoms with E-state index in [9.17, 15) is 9.59 Å². The van der Waals surface area contributed by atoms with Gasteiger partial charge in [-0.3, -0.25) is 9.59 Å². The van der Waals surface area contributed by atoms with Crippen LogP contribution in [0.2, 0.25) is 0 Å². The number of hydrogen-bond donors (Lipinski definition) is 2. The first kappa shape index (κ1) is 15.8. The summed E-state index contributed by atoms with van der Waals surface area (Å²) < 4.78 is 0. The van der Waals surface area contributed by atoms with Gasteiger partial charge in [-0.2, -0.15) is 0 Å². The van der Waals surface area contributed by atoms with E-state index in [0.29, 0.717) is 24.3 Å². The van der Waals surface area contributed by atoms with E-state index in [1.165, 1.54) is 0 Å². The molecular formula is C17H24N4O2. The Morgan fingerprint density at radius 1 is 1.48 bits per heavy atom. The topological polar surface area (TPSA) is 78.7 Å². The quantitative estimate of drug-likeness (QED) is 0.861. The van der Waals surface area contributed by atoms with Crippen molar-refractivity contribution < 1.29 is 9.59 Å². The zero-order valence-corrected chi connectivity index (χ0v) is 13.9. The van der Waals surface area contributed by atoms with Gasteiger partial charge in [-0.05, 0) is 43.5 Å². The van der Waals surface area contributed by atoms with Gasteiger partial charge >= 0.3 is 0 Å². The SMILES string of the molecule is CC1C(=O)Nc2cc(C(=O)N3CCC(C)(CN)C3)ccc2N1C. The highest BCUT2D eigenvalue weighted by molar-refractivity contribution is 6.05. The lowest BCUT2D eigenvalue weighted by Crippen LogP contribution is -2.44.